The van der Waals surface area contributed by atoms with E-state index in [9.17, 15) is 4.79 Å². The zero-order chi connectivity index (χ0) is 25.1. The molecule has 0 atom stereocenters. The van der Waals surface area contributed by atoms with Crippen molar-refractivity contribution in [2.45, 2.75) is 26.7 Å². The molecule has 5 rings (SSSR count). The summed E-state index contributed by atoms with van der Waals surface area (Å²) in [6.07, 6.45) is 3.62. The maximum absolute atomic E-state index is 12.8. The molecular formula is C27H30ClN7O. The van der Waals surface area contributed by atoms with Crippen molar-refractivity contribution in [2.75, 3.05) is 36.4 Å². The van der Waals surface area contributed by atoms with Crippen LogP contribution in [-0.4, -0.2) is 56.9 Å². The van der Waals surface area contributed by atoms with E-state index in [1.54, 1.807) is 0 Å². The van der Waals surface area contributed by atoms with Crippen LogP contribution in [0.3, 0.4) is 0 Å². The molecule has 9 heteroatoms. The monoisotopic (exact) mass is 503 g/mol. The molecule has 1 aliphatic heterocycles. The lowest BCUT2D eigenvalue weighted by Crippen LogP contribution is -2.50. The van der Waals surface area contributed by atoms with Gasteiger partial charge >= 0.3 is 6.03 Å². The Hall–Kier alpha value is -3.65. The first-order valence-corrected chi connectivity index (χ1v) is 12.7. The molecule has 1 fully saturated rings. The molecule has 0 radical (unpaired) electrons. The number of nitrogens with one attached hydrogen (secondary N) is 1. The Morgan fingerprint density at radius 2 is 1.81 bits per heavy atom. The molecular weight excluding hydrogens is 474 g/mol. The first-order chi connectivity index (χ1) is 17.5. The SMILES string of the molecule is CC(C)CCc1nc(N2CCN(C(=O)Nc3ccccc3)CC2)c2cnn(-c3cccc(Cl)c3)c2n1. The number of aromatic nitrogens is 4. The third-order valence-corrected chi connectivity index (χ3v) is 6.58. The van der Waals surface area contributed by atoms with Gasteiger partial charge in [-0.05, 0) is 42.7 Å². The fourth-order valence-corrected chi connectivity index (χ4v) is 4.53. The van der Waals surface area contributed by atoms with Crippen molar-refractivity contribution < 1.29 is 4.79 Å². The second kappa shape index (κ2) is 10.5. The second-order valence-corrected chi connectivity index (χ2v) is 9.88. The van der Waals surface area contributed by atoms with Crippen molar-refractivity contribution in [3.8, 4) is 5.69 Å². The van der Waals surface area contributed by atoms with Crippen molar-refractivity contribution in [2.24, 2.45) is 5.92 Å². The lowest BCUT2D eigenvalue weighted by Gasteiger charge is -2.35. The van der Waals surface area contributed by atoms with Crippen LogP contribution in [0.15, 0.2) is 60.8 Å². The number of halogens is 1. The molecule has 2 amide bonds. The second-order valence-electron chi connectivity index (χ2n) is 9.44. The number of piperazine rings is 1. The number of fused-ring (bicyclic) bond motifs is 1. The molecule has 0 saturated carbocycles. The van der Waals surface area contributed by atoms with Gasteiger partial charge < -0.3 is 15.1 Å². The third kappa shape index (κ3) is 5.28. The van der Waals surface area contributed by atoms with E-state index in [1.165, 1.54) is 0 Å². The molecule has 186 valence electrons. The Kier molecular flexibility index (Phi) is 7.04. The Balaban J connectivity index is 1.40. The van der Waals surface area contributed by atoms with Crippen LogP contribution in [-0.2, 0) is 6.42 Å². The van der Waals surface area contributed by atoms with Crippen LogP contribution in [0.2, 0.25) is 5.02 Å². The van der Waals surface area contributed by atoms with Crippen LogP contribution in [0.1, 0.15) is 26.1 Å². The summed E-state index contributed by atoms with van der Waals surface area (Å²) < 4.78 is 1.83. The van der Waals surface area contributed by atoms with Crippen molar-refractivity contribution >= 4 is 40.2 Å². The largest absolute Gasteiger partial charge is 0.352 e. The highest BCUT2D eigenvalue weighted by atomic mass is 35.5. The zero-order valence-electron chi connectivity index (χ0n) is 20.6. The summed E-state index contributed by atoms with van der Waals surface area (Å²) in [7, 11) is 0. The minimum Gasteiger partial charge on any atom is -0.352 e. The fraction of sp³-hybridized carbons (Fsp3) is 0.333. The van der Waals surface area contributed by atoms with E-state index in [2.05, 4.69) is 29.2 Å². The molecule has 0 aliphatic carbocycles. The number of benzene rings is 2. The zero-order valence-corrected chi connectivity index (χ0v) is 21.3. The minimum atomic E-state index is -0.0833. The van der Waals surface area contributed by atoms with E-state index in [1.807, 2.05) is 70.4 Å². The molecule has 2 aromatic heterocycles. The van der Waals surface area contributed by atoms with Crippen LogP contribution in [0.25, 0.3) is 16.7 Å². The highest BCUT2D eigenvalue weighted by molar-refractivity contribution is 6.30. The number of para-hydroxylation sites is 1. The molecule has 0 bridgehead atoms. The van der Waals surface area contributed by atoms with Crippen LogP contribution in [0.4, 0.5) is 16.3 Å². The van der Waals surface area contributed by atoms with Crippen molar-refractivity contribution in [1.82, 2.24) is 24.6 Å². The smallest absolute Gasteiger partial charge is 0.321 e. The molecule has 8 nitrogen and oxygen atoms in total. The summed E-state index contributed by atoms with van der Waals surface area (Å²) in [6, 6.07) is 17.1. The maximum Gasteiger partial charge on any atom is 0.321 e. The number of carbonyl (C=O) groups excluding carboxylic acids is 1. The van der Waals surface area contributed by atoms with Crippen LogP contribution in [0, 0.1) is 5.92 Å². The first kappa shape index (κ1) is 24.1. The average molecular weight is 504 g/mol. The predicted molar refractivity (Wildman–Crippen MR) is 144 cm³/mol. The summed E-state index contributed by atoms with van der Waals surface area (Å²) in [6.45, 7) is 6.98. The van der Waals surface area contributed by atoms with Gasteiger partial charge in [-0.1, -0.05) is 49.7 Å². The number of anilines is 2. The molecule has 0 spiro atoms. The van der Waals surface area contributed by atoms with E-state index in [-0.39, 0.29) is 6.03 Å². The molecule has 4 aromatic rings. The lowest BCUT2D eigenvalue weighted by atomic mass is 10.1. The van der Waals surface area contributed by atoms with Gasteiger partial charge in [0.1, 0.15) is 11.6 Å². The van der Waals surface area contributed by atoms with E-state index in [0.29, 0.717) is 37.1 Å². The van der Waals surface area contributed by atoms with E-state index >= 15 is 0 Å². The van der Waals surface area contributed by atoms with Gasteiger partial charge in [-0.25, -0.2) is 19.4 Å². The van der Waals surface area contributed by atoms with Crippen LogP contribution >= 0.6 is 11.6 Å². The van der Waals surface area contributed by atoms with Gasteiger partial charge in [-0.15, -0.1) is 0 Å². The number of hydrogen-bond acceptors (Lipinski definition) is 5. The Morgan fingerprint density at radius 1 is 1.03 bits per heavy atom. The van der Waals surface area contributed by atoms with Gasteiger partial charge in [0.25, 0.3) is 0 Å². The topological polar surface area (TPSA) is 79.2 Å². The Labute approximate surface area is 215 Å². The summed E-state index contributed by atoms with van der Waals surface area (Å²) in [5.41, 5.74) is 2.43. The lowest BCUT2D eigenvalue weighted by molar-refractivity contribution is 0.208. The van der Waals surface area contributed by atoms with Crippen molar-refractivity contribution in [1.29, 1.82) is 0 Å². The summed E-state index contributed by atoms with van der Waals surface area (Å²) >= 11 is 6.25. The van der Waals surface area contributed by atoms with Gasteiger partial charge in [0.15, 0.2) is 5.65 Å². The summed E-state index contributed by atoms with van der Waals surface area (Å²) in [5, 5.41) is 9.16. The van der Waals surface area contributed by atoms with E-state index in [4.69, 9.17) is 21.6 Å². The minimum absolute atomic E-state index is 0.0833. The van der Waals surface area contributed by atoms with Crippen molar-refractivity contribution in [3.05, 3.63) is 71.6 Å². The number of amides is 2. The number of nitrogens with zero attached hydrogens (tertiary/aromatic N) is 6. The van der Waals surface area contributed by atoms with Gasteiger partial charge in [0.05, 0.1) is 17.3 Å². The molecule has 36 heavy (non-hydrogen) atoms. The van der Waals surface area contributed by atoms with Crippen LogP contribution in [0.5, 0.6) is 0 Å². The first-order valence-electron chi connectivity index (χ1n) is 12.3. The quantitative estimate of drug-likeness (QED) is 0.380. The van der Waals surface area contributed by atoms with Gasteiger partial charge in [-0.2, -0.15) is 5.10 Å². The van der Waals surface area contributed by atoms with E-state index in [0.717, 1.165) is 46.9 Å². The van der Waals surface area contributed by atoms with Gasteiger partial charge in [0, 0.05) is 43.3 Å². The number of aryl methyl sites for hydroxylation is 1. The van der Waals surface area contributed by atoms with Gasteiger partial charge in [0.2, 0.25) is 0 Å². The van der Waals surface area contributed by atoms with E-state index < -0.39 is 0 Å². The highest BCUT2D eigenvalue weighted by Gasteiger charge is 2.25. The number of carbonyl (C=O) groups is 1. The Morgan fingerprint density at radius 3 is 2.53 bits per heavy atom. The maximum atomic E-state index is 12.8. The van der Waals surface area contributed by atoms with Crippen molar-refractivity contribution in [3.63, 3.8) is 0 Å². The fourth-order valence-electron chi connectivity index (χ4n) is 4.35. The summed E-state index contributed by atoms with van der Waals surface area (Å²) in [5.74, 6) is 2.23. The molecule has 1 N–H and O–H groups in total. The highest BCUT2D eigenvalue weighted by Crippen LogP contribution is 2.28. The predicted octanol–water partition coefficient (Wildman–Crippen LogP) is 5.41. The molecule has 3 heterocycles. The van der Waals surface area contributed by atoms with Gasteiger partial charge in [-0.3, -0.25) is 0 Å². The molecule has 2 aromatic carbocycles. The standard InChI is InChI=1S/C27H30ClN7O/c1-19(2)11-12-24-31-25(23-18-29-35(26(23)32-24)22-10-6-7-20(28)17-22)33-13-15-34(16-14-33)27(36)30-21-8-4-3-5-9-21/h3-10,17-19H,11-16H2,1-2H3,(H,30,36). The summed E-state index contributed by atoms with van der Waals surface area (Å²) in [4.78, 5) is 26.7. The third-order valence-electron chi connectivity index (χ3n) is 6.34. The molecule has 1 aliphatic rings. The average Bonchev–Trinajstić information content (AvgIpc) is 3.32. The van der Waals surface area contributed by atoms with Crippen LogP contribution < -0.4 is 10.2 Å². The normalized spacial score (nSPS) is 14.0. The number of rotatable bonds is 6. The number of hydrogen-bond donors (Lipinski definition) is 1. The number of urea groups is 1. The molecule has 1 saturated heterocycles. The molecule has 0 unspecified atom stereocenters. The Bertz CT molecular complexity index is 1350.